The summed E-state index contributed by atoms with van der Waals surface area (Å²) < 4.78 is 1.87. The van der Waals surface area contributed by atoms with E-state index in [2.05, 4.69) is 10.4 Å². The molecule has 0 radical (unpaired) electrons. The second kappa shape index (κ2) is 6.31. The minimum absolute atomic E-state index is 0.757. The molecule has 0 saturated heterocycles. The standard InChI is InChI=1S/C16H20ClN3/c17-14-7-8-16(20-10-4-9-19-20)15(11-14)18-12-13-5-2-1-3-6-13/h4,7-11,13,18H,1-3,5-6,12H2. The SMILES string of the molecule is Clc1ccc(-n2cccn2)c(NCC2CCCCC2)c1. The lowest BCUT2D eigenvalue weighted by molar-refractivity contribution is 0.373. The van der Waals surface area contributed by atoms with Crippen molar-refractivity contribution in [3.8, 4) is 5.69 Å². The molecule has 0 atom stereocenters. The molecule has 0 amide bonds. The molecule has 106 valence electrons. The Kier molecular flexibility index (Phi) is 4.26. The van der Waals surface area contributed by atoms with Gasteiger partial charge in [0.05, 0.1) is 11.4 Å². The van der Waals surface area contributed by atoms with Gasteiger partial charge in [-0.05, 0) is 43.0 Å². The van der Waals surface area contributed by atoms with Crippen molar-refractivity contribution in [2.45, 2.75) is 32.1 Å². The van der Waals surface area contributed by atoms with Crippen LogP contribution in [-0.4, -0.2) is 16.3 Å². The van der Waals surface area contributed by atoms with Gasteiger partial charge in [-0.15, -0.1) is 0 Å². The van der Waals surface area contributed by atoms with Crippen LogP contribution in [0.1, 0.15) is 32.1 Å². The van der Waals surface area contributed by atoms with Gasteiger partial charge >= 0.3 is 0 Å². The van der Waals surface area contributed by atoms with Gasteiger partial charge in [0.2, 0.25) is 0 Å². The topological polar surface area (TPSA) is 29.9 Å². The van der Waals surface area contributed by atoms with Crippen LogP contribution in [-0.2, 0) is 0 Å². The van der Waals surface area contributed by atoms with Crippen LogP contribution in [0.3, 0.4) is 0 Å². The molecular weight excluding hydrogens is 270 g/mol. The number of anilines is 1. The molecule has 1 aliphatic carbocycles. The molecular formula is C16H20ClN3. The fourth-order valence-corrected chi connectivity index (χ4v) is 3.08. The molecule has 1 fully saturated rings. The molecule has 1 saturated carbocycles. The second-order valence-electron chi connectivity index (χ2n) is 5.50. The van der Waals surface area contributed by atoms with Crippen molar-refractivity contribution < 1.29 is 0 Å². The molecule has 3 rings (SSSR count). The van der Waals surface area contributed by atoms with Crippen LogP contribution in [0.15, 0.2) is 36.7 Å². The minimum Gasteiger partial charge on any atom is -0.383 e. The van der Waals surface area contributed by atoms with E-state index in [0.717, 1.165) is 28.9 Å². The van der Waals surface area contributed by atoms with Crippen molar-refractivity contribution in [2.24, 2.45) is 5.92 Å². The molecule has 1 N–H and O–H groups in total. The van der Waals surface area contributed by atoms with E-state index < -0.39 is 0 Å². The van der Waals surface area contributed by atoms with E-state index in [1.54, 1.807) is 6.20 Å². The Morgan fingerprint density at radius 3 is 2.85 bits per heavy atom. The average Bonchev–Trinajstić information content (AvgIpc) is 3.00. The van der Waals surface area contributed by atoms with Gasteiger partial charge in [0.25, 0.3) is 0 Å². The van der Waals surface area contributed by atoms with Crippen molar-refractivity contribution >= 4 is 17.3 Å². The Morgan fingerprint density at radius 2 is 2.10 bits per heavy atom. The van der Waals surface area contributed by atoms with E-state index >= 15 is 0 Å². The maximum Gasteiger partial charge on any atom is 0.0877 e. The molecule has 1 aromatic carbocycles. The van der Waals surface area contributed by atoms with E-state index in [4.69, 9.17) is 11.6 Å². The second-order valence-corrected chi connectivity index (χ2v) is 5.93. The summed E-state index contributed by atoms with van der Waals surface area (Å²) in [7, 11) is 0. The van der Waals surface area contributed by atoms with Crippen LogP contribution < -0.4 is 5.32 Å². The minimum atomic E-state index is 0.757. The molecule has 1 aromatic heterocycles. The van der Waals surface area contributed by atoms with Gasteiger partial charge in [0.15, 0.2) is 0 Å². The monoisotopic (exact) mass is 289 g/mol. The zero-order valence-electron chi connectivity index (χ0n) is 11.6. The van der Waals surface area contributed by atoms with Gasteiger partial charge in [0, 0.05) is 24.0 Å². The third-order valence-corrected chi connectivity index (χ3v) is 4.25. The highest BCUT2D eigenvalue weighted by Gasteiger charge is 2.14. The zero-order valence-corrected chi connectivity index (χ0v) is 12.3. The van der Waals surface area contributed by atoms with Gasteiger partial charge in [0.1, 0.15) is 0 Å². The predicted octanol–water partition coefficient (Wildman–Crippen LogP) is 4.52. The lowest BCUT2D eigenvalue weighted by atomic mass is 9.89. The van der Waals surface area contributed by atoms with Crippen LogP contribution >= 0.6 is 11.6 Å². The van der Waals surface area contributed by atoms with Gasteiger partial charge < -0.3 is 5.32 Å². The summed E-state index contributed by atoms with van der Waals surface area (Å²) in [6.07, 6.45) is 10.6. The highest BCUT2D eigenvalue weighted by molar-refractivity contribution is 6.31. The largest absolute Gasteiger partial charge is 0.383 e. The molecule has 4 heteroatoms. The summed E-state index contributed by atoms with van der Waals surface area (Å²) in [5, 5.41) is 8.63. The lowest BCUT2D eigenvalue weighted by Crippen LogP contribution is -2.18. The molecule has 2 aromatic rings. The number of rotatable bonds is 4. The predicted molar refractivity (Wildman–Crippen MR) is 83.6 cm³/mol. The van der Waals surface area contributed by atoms with Crippen molar-refractivity contribution in [3.63, 3.8) is 0 Å². The van der Waals surface area contributed by atoms with Crippen LogP contribution in [0, 0.1) is 5.92 Å². The summed E-state index contributed by atoms with van der Waals surface area (Å²) in [5.74, 6) is 0.785. The number of aromatic nitrogens is 2. The highest BCUT2D eigenvalue weighted by Crippen LogP contribution is 2.27. The molecule has 0 unspecified atom stereocenters. The van der Waals surface area contributed by atoms with Crippen molar-refractivity contribution in [1.82, 2.24) is 9.78 Å². The first-order chi connectivity index (χ1) is 9.83. The zero-order chi connectivity index (χ0) is 13.8. The fraction of sp³-hybridized carbons (Fsp3) is 0.438. The van der Waals surface area contributed by atoms with E-state index in [0.29, 0.717) is 0 Å². The number of hydrogen-bond acceptors (Lipinski definition) is 2. The summed E-state index contributed by atoms with van der Waals surface area (Å²) in [6.45, 7) is 1.02. The average molecular weight is 290 g/mol. The first-order valence-electron chi connectivity index (χ1n) is 7.36. The smallest absolute Gasteiger partial charge is 0.0877 e. The maximum absolute atomic E-state index is 6.13. The normalized spacial score (nSPS) is 16.2. The quantitative estimate of drug-likeness (QED) is 0.897. The number of nitrogens with one attached hydrogen (secondary N) is 1. The molecule has 0 bridgehead atoms. The number of hydrogen-bond donors (Lipinski definition) is 1. The number of benzene rings is 1. The van der Waals surface area contributed by atoms with Gasteiger partial charge in [-0.3, -0.25) is 0 Å². The first kappa shape index (κ1) is 13.5. The lowest BCUT2D eigenvalue weighted by Gasteiger charge is -2.23. The molecule has 0 spiro atoms. The maximum atomic E-state index is 6.13. The molecule has 20 heavy (non-hydrogen) atoms. The molecule has 0 aliphatic heterocycles. The number of nitrogens with zero attached hydrogens (tertiary/aromatic N) is 2. The van der Waals surface area contributed by atoms with Crippen LogP contribution in [0.2, 0.25) is 5.02 Å². The van der Waals surface area contributed by atoms with Crippen LogP contribution in [0.25, 0.3) is 5.69 Å². The van der Waals surface area contributed by atoms with Gasteiger partial charge in [-0.1, -0.05) is 30.9 Å². The Hall–Kier alpha value is -1.48. The highest BCUT2D eigenvalue weighted by atomic mass is 35.5. The fourth-order valence-electron chi connectivity index (χ4n) is 2.91. The first-order valence-corrected chi connectivity index (χ1v) is 7.74. The molecule has 1 aliphatic rings. The van der Waals surface area contributed by atoms with E-state index in [1.165, 1.54) is 32.1 Å². The van der Waals surface area contributed by atoms with Crippen LogP contribution in [0.4, 0.5) is 5.69 Å². The summed E-state index contributed by atoms with van der Waals surface area (Å²) >= 11 is 6.13. The van der Waals surface area contributed by atoms with Crippen molar-refractivity contribution in [1.29, 1.82) is 0 Å². The van der Waals surface area contributed by atoms with Gasteiger partial charge in [-0.2, -0.15) is 5.10 Å². The van der Waals surface area contributed by atoms with E-state index in [9.17, 15) is 0 Å². The Morgan fingerprint density at radius 1 is 1.25 bits per heavy atom. The number of halogens is 1. The van der Waals surface area contributed by atoms with Crippen molar-refractivity contribution in [2.75, 3.05) is 11.9 Å². The Bertz CT molecular complexity index is 545. The summed E-state index contributed by atoms with van der Waals surface area (Å²) in [5.41, 5.74) is 2.11. The van der Waals surface area contributed by atoms with Crippen molar-refractivity contribution in [3.05, 3.63) is 41.7 Å². The Labute approximate surface area is 124 Å². The van der Waals surface area contributed by atoms with Crippen LogP contribution in [0.5, 0.6) is 0 Å². The van der Waals surface area contributed by atoms with E-state index in [1.807, 2.05) is 35.1 Å². The third kappa shape index (κ3) is 3.15. The summed E-state index contributed by atoms with van der Waals surface area (Å²) in [4.78, 5) is 0. The van der Waals surface area contributed by atoms with E-state index in [-0.39, 0.29) is 0 Å². The van der Waals surface area contributed by atoms with Gasteiger partial charge in [-0.25, -0.2) is 4.68 Å². The Balaban J connectivity index is 1.75. The molecule has 1 heterocycles. The molecule has 3 nitrogen and oxygen atoms in total. The third-order valence-electron chi connectivity index (χ3n) is 4.02. The summed E-state index contributed by atoms with van der Waals surface area (Å²) in [6, 6.07) is 7.84.